The van der Waals surface area contributed by atoms with E-state index in [0.717, 1.165) is 6.42 Å². The van der Waals surface area contributed by atoms with Crippen molar-refractivity contribution in [1.82, 2.24) is 5.43 Å². The standard InChI is InChI=1S/C18H26N2/c1-18(2,3)13-7-12-17(20-19)16-11-6-9-14-8-4-5-10-15(14)16/h4-5,8,10,16-17,20H,6,9,11-12,19H2,1-3H3. The molecule has 2 unspecified atom stereocenters. The highest BCUT2D eigenvalue weighted by Crippen LogP contribution is 2.34. The monoisotopic (exact) mass is 270 g/mol. The van der Waals surface area contributed by atoms with E-state index in [1.165, 1.54) is 30.4 Å². The van der Waals surface area contributed by atoms with Crippen molar-refractivity contribution in [1.29, 1.82) is 0 Å². The van der Waals surface area contributed by atoms with Gasteiger partial charge in [-0.2, -0.15) is 0 Å². The number of benzene rings is 1. The number of fused-ring (bicyclic) bond motifs is 1. The summed E-state index contributed by atoms with van der Waals surface area (Å²) in [7, 11) is 0. The fourth-order valence-electron chi connectivity index (χ4n) is 2.95. The molecule has 0 amide bonds. The Hall–Kier alpha value is -1.30. The molecule has 2 rings (SSSR count). The van der Waals surface area contributed by atoms with Crippen LogP contribution in [0.2, 0.25) is 0 Å². The summed E-state index contributed by atoms with van der Waals surface area (Å²) in [6, 6.07) is 9.00. The zero-order valence-electron chi connectivity index (χ0n) is 12.9. The lowest BCUT2D eigenvalue weighted by Crippen LogP contribution is -2.40. The maximum absolute atomic E-state index is 5.79. The minimum Gasteiger partial charge on any atom is -0.271 e. The van der Waals surface area contributed by atoms with Gasteiger partial charge in [0.15, 0.2) is 0 Å². The van der Waals surface area contributed by atoms with Gasteiger partial charge in [0.1, 0.15) is 0 Å². The van der Waals surface area contributed by atoms with Crippen LogP contribution >= 0.6 is 0 Å². The molecular formula is C18H26N2. The summed E-state index contributed by atoms with van der Waals surface area (Å²) in [5, 5.41) is 0. The van der Waals surface area contributed by atoms with Gasteiger partial charge in [-0.25, -0.2) is 0 Å². The van der Waals surface area contributed by atoms with E-state index in [0.29, 0.717) is 5.92 Å². The first kappa shape index (κ1) is 15.1. The second-order valence-corrected chi connectivity index (χ2v) is 6.73. The lowest BCUT2D eigenvalue weighted by Gasteiger charge is -2.31. The van der Waals surface area contributed by atoms with Crippen molar-refractivity contribution in [2.75, 3.05) is 0 Å². The number of aryl methyl sites for hydroxylation is 1. The molecule has 0 bridgehead atoms. The van der Waals surface area contributed by atoms with Crippen LogP contribution in [-0.2, 0) is 6.42 Å². The highest BCUT2D eigenvalue weighted by Gasteiger charge is 2.26. The van der Waals surface area contributed by atoms with E-state index in [1.54, 1.807) is 0 Å². The molecule has 1 aliphatic rings. The predicted octanol–water partition coefficient (Wildman–Crippen LogP) is 3.38. The van der Waals surface area contributed by atoms with E-state index in [1.807, 2.05) is 0 Å². The Bertz CT molecular complexity index is 502. The van der Waals surface area contributed by atoms with Gasteiger partial charge in [0.2, 0.25) is 0 Å². The van der Waals surface area contributed by atoms with Crippen molar-refractivity contribution in [2.24, 2.45) is 11.3 Å². The van der Waals surface area contributed by atoms with Crippen LogP contribution in [0.3, 0.4) is 0 Å². The molecule has 0 fully saturated rings. The van der Waals surface area contributed by atoms with Crippen molar-refractivity contribution in [3.63, 3.8) is 0 Å². The molecule has 2 nitrogen and oxygen atoms in total. The predicted molar refractivity (Wildman–Crippen MR) is 85.1 cm³/mol. The van der Waals surface area contributed by atoms with Gasteiger partial charge in [0.05, 0.1) is 0 Å². The molecule has 0 spiro atoms. The Morgan fingerprint density at radius 2 is 2.10 bits per heavy atom. The highest BCUT2D eigenvalue weighted by molar-refractivity contribution is 5.34. The number of hydrogen-bond donors (Lipinski definition) is 2. The van der Waals surface area contributed by atoms with Crippen LogP contribution in [0.15, 0.2) is 24.3 Å². The summed E-state index contributed by atoms with van der Waals surface area (Å²) < 4.78 is 0. The second kappa shape index (κ2) is 6.43. The first-order valence-electron chi connectivity index (χ1n) is 7.55. The summed E-state index contributed by atoms with van der Waals surface area (Å²) >= 11 is 0. The Labute approximate surface area is 123 Å². The Balaban J connectivity index is 2.14. The third-order valence-electron chi connectivity index (χ3n) is 3.90. The normalized spacial score (nSPS) is 19.7. The Kier molecular flexibility index (Phi) is 4.86. The Morgan fingerprint density at radius 3 is 2.80 bits per heavy atom. The van der Waals surface area contributed by atoms with Crippen molar-refractivity contribution in [3.05, 3.63) is 35.4 Å². The van der Waals surface area contributed by atoms with Gasteiger partial charge in [-0.15, -0.1) is 5.92 Å². The number of rotatable bonds is 3. The van der Waals surface area contributed by atoms with Gasteiger partial charge in [-0.3, -0.25) is 11.3 Å². The van der Waals surface area contributed by atoms with E-state index in [-0.39, 0.29) is 11.5 Å². The van der Waals surface area contributed by atoms with Gasteiger partial charge < -0.3 is 0 Å². The quantitative estimate of drug-likeness (QED) is 0.502. The van der Waals surface area contributed by atoms with Crippen LogP contribution in [0.25, 0.3) is 0 Å². The third-order valence-corrected chi connectivity index (χ3v) is 3.90. The Morgan fingerprint density at radius 1 is 1.35 bits per heavy atom. The van der Waals surface area contributed by atoms with Crippen LogP contribution in [0, 0.1) is 17.3 Å². The summed E-state index contributed by atoms with van der Waals surface area (Å²) in [5.74, 6) is 12.9. The van der Waals surface area contributed by atoms with E-state index >= 15 is 0 Å². The zero-order valence-corrected chi connectivity index (χ0v) is 12.9. The molecule has 0 aromatic heterocycles. The van der Waals surface area contributed by atoms with E-state index < -0.39 is 0 Å². The van der Waals surface area contributed by atoms with Gasteiger partial charge in [0, 0.05) is 23.8 Å². The van der Waals surface area contributed by atoms with Crippen molar-refractivity contribution in [3.8, 4) is 11.8 Å². The van der Waals surface area contributed by atoms with Crippen LogP contribution in [0.1, 0.15) is 57.1 Å². The molecule has 1 aliphatic carbocycles. The molecule has 0 heterocycles. The van der Waals surface area contributed by atoms with Crippen LogP contribution in [0.4, 0.5) is 0 Å². The average molecular weight is 270 g/mol. The molecule has 3 N–H and O–H groups in total. The molecular weight excluding hydrogens is 244 g/mol. The molecule has 2 heteroatoms. The molecule has 0 saturated heterocycles. The molecule has 1 aromatic carbocycles. The third kappa shape index (κ3) is 3.85. The summed E-state index contributed by atoms with van der Waals surface area (Å²) in [4.78, 5) is 0. The fraction of sp³-hybridized carbons (Fsp3) is 0.556. The molecule has 2 atom stereocenters. The van der Waals surface area contributed by atoms with Crippen molar-refractivity contribution < 1.29 is 0 Å². The molecule has 0 saturated carbocycles. The van der Waals surface area contributed by atoms with E-state index in [4.69, 9.17) is 5.84 Å². The molecule has 0 aliphatic heterocycles. The molecule has 108 valence electrons. The minimum absolute atomic E-state index is 0.0591. The van der Waals surface area contributed by atoms with Crippen LogP contribution in [0.5, 0.6) is 0 Å². The van der Waals surface area contributed by atoms with E-state index in [2.05, 4.69) is 62.3 Å². The van der Waals surface area contributed by atoms with Crippen LogP contribution in [-0.4, -0.2) is 6.04 Å². The SMILES string of the molecule is CC(C)(C)C#CCC(NN)C1CCCc2ccccc21. The maximum atomic E-state index is 5.79. The first-order chi connectivity index (χ1) is 9.51. The molecule has 20 heavy (non-hydrogen) atoms. The molecule has 1 aromatic rings. The zero-order chi connectivity index (χ0) is 14.6. The van der Waals surface area contributed by atoms with Crippen molar-refractivity contribution in [2.45, 2.75) is 58.4 Å². The number of nitrogens with two attached hydrogens (primary N) is 1. The van der Waals surface area contributed by atoms with E-state index in [9.17, 15) is 0 Å². The maximum Gasteiger partial charge on any atom is 0.0388 e. The topological polar surface area (TPSA) is 38.0 Å². The molecule has 0 radical (unpaired) electrons. The number of hydrazine groups is 1. The lowest BCUT2D eigenvalue weighted by molar-refractivity contribution is 0.402. The minimum atomic E-state index is 0.0591. The lowest BCUT2D eigenvalue weighted by atomic mass is 9.78. The highest BCUT2D eigenvalue weighted by atomic mass is 15.2. The number of nitrogens with one attached hydrogen (secondary N) is 1. The van der Waals surface area contributed by atoms with Crippen LogP contribution < -0.4 is 11.3 Å². The van der Waals surface area contributed by atoms with Gasteiger partial charge in [-0.05, 0) is 51.2 Å². The van der Waals surface area contributed by atoms with Crippen molar-refractivity contribution >= 4 is 0 Å². The first-order valence-corrected chi connectivity index (χ1v) is 7.55. The summed E-state index contributed by atoms with van der Waals surface area (Å²) in [6.45, 7) is 6.42. The largest absolute Gasteiger partial charge is 0.271 e. The summed E-state index contributed by atoms with van der Waals surface area (Å²) in [6.07, 6.45) is 4.44. The van der Waals surface area contributed by atoms with Gasteiger partial charge >= 0.3 is 0 Å². The number of hydrogen-bond acceptors (Lipinski definition) is 2. The summed E-state index contributed by atoms with van der Waals surface area (Å²) in [5.41, 5.74) is 5.99. The second-order valence-electron chi connectivity index (χ2n) is 6.73. The smallest absolute Gasteiger partial charge is 0.0388 e. The van der Waals surface area contributed by atoms with Gasteiger partial charge in [0.25, 0.3) is 0 Å². The average Bonchev–Trinajstić information content (AvgIpc) is 2.42. The fourth-order valence-corrected chi connectivity index (χ4v) is 2.95. The van der Waals surface area contributed by atoms with Gasteiger partial charge in [-0.1, -0.05) is 30.2 Å².